The maximum absolute atomic E-state index is 9.76. The molecule has 0 spiro atoms. The van der Waals surface area contributed by atoms with E-state index in [2.05, 4.69) is 20.4 Å². The summed E-state index contributed by atoms with van der Waals surface area (Å²) in [7, 11) is 0. The molecule has 0 amide bonds. The Morgan fingerprint density at radius 3 is 1.82 bits per heavy atom. The molecule has 0 radical (unpaired) electrons. The van der Waals surface area contributed by atoms with Gasteiger partial charge < -0.3 is 15.4 Å². The van der Waals surface area contributed by atoms with Crippen LogP contribution in [0.5, 0.6) is 0 Å². The van der Waals surface area contributed by atoms with Crippen LogP contribution in [-0.2, 0) is 16.1 Å². The standard InChI is InChI=1S/C8H8O2.C5H5N.C4H10N2/c9-7-10-6-8-4-2-1-3-5-8;1-2-4-6-5-3-1;1-2-6-4-3-5-1/h1-5,7H,6H2;1-5H;5-6H,1-4H2. The van der Waals surface area contributed by atoms with Crippen molar-refractivity contribution in [3.63, 3.8) is 0 Å². The van der Waals surface area contributed by atoms with Crippen LogP contribution in [0.2, 0.25) is 0 Å². The van der Waals surface area contributed by atoms with Crippen molar-refractivity contribution in [1.29, 1.82) is 0 Å². The largest absolute Gasteiger partial charge is 0.463 e. The molecule has 5 nitrogen and oxygen atoms in total. The number of pyridine rings is 1. The first kappa shape index (κ1) is 17.8. The maximum Gasteiger partial charge on any atom is 0.293 e. The molecule has 1 aromatic carbocycles. The lowest BCUT2D eigenvalue weighted by Crippen LogP contribution is -2.39. The summed E-state index contributed by atoms with van der Waals surface area (Å²) in [5.74, 6) is 0. The van der Waals surface area contributed by atoms with E-state index >= 15 is 0 Å². The molecule has 2 heterocycles. The lowest BCUT2D eigenvalue weighted by molar-refractivity contribution is -0.129. The minimum absolute atomic E-state index is 0.365. The fourth-order valence-corrected chi connectivity index (χ4v) is 1.62. The van der Waals surface area contributed by atoms with Crippen molar-refractivity contribution in [2.24, 2.45) is 0 Å². The van der Waals surface area contributed by atoms with E-state index in [0.29, 0.717) is 13.1 Å². The van der Waals surface area contributed by atoms with Gasteiger partial charge in [-0.15, -0.1) is 0 Å². The summed E-state index contributed by atoms with van der Waals surface area (Å²) >= 11 is 0. The van der Waals surface area contributed by atoms with Crippen molar-refractivity contribution >= 4 is 6.47 Å². The zero-order chi connectivity index (χ0) is 15.7. The Balaban J connectivity index is 0.000000174. The second-order valence-electron chi connectivity index (χ2n) is 4.42. The Hall–Kier alpha value is -2.24. The van der Waals surface area contributed by atoms with E-state index in [1.165, 1.54) is 0 Å². The third kappa shape index (κ3) is 10.5. The number of carbonyl (C=O) groups excluding carboxylic acids is 1. The number of benzene rings is 1. The molecular weight excluding hydrogens is 278 g/mol. The van der Waals surface area contributed by atoms with E-state index in [0.717, 1.165) is 31.7 Å². The van der Waals surface area contributed by atoms with Gasteiger partial charge in [-0.3, -0.25) is 9.78 Å². The Labute approximate surface area is 131 Å². The van der Waals surface area contributed by atoms with Crippen LogP contribution in [0.15, 0.2) is 60.9 Å². The number of carbonyl (C=O) groups is 1. The number of hydrogen-bond acceptors (Lipinski definition) is 5. The predicted octanol–water partition coefficient (Wildman–Crippen LogP) is 1.62. The summed E-state index contributed by atoms with van der Waals surface area (Å²) in [6, 6.07) is 15.3. The molecule has 1 aliphatic rings. The quantitative estimate of drug-likeness (QED) is 0.844. The monoisotopic (exact) mass is 301 g/mol. The number of piperazine rings is 1. The first-order valence-corrected chi connectivity index (χ1v) is 7.29. The maximum atomic E-state index is 9.76. The van der Waals surface area contributed by atoms with E-state index < -0.39 is 0 Å². The van der Waals surface area contributed by atoms with E-state index in [4.69, 9.17) is 0 Å². The molecule has 2 aromatic rings. The smallest absolute Gasteiger partial charge is 0.293 e. The number of ether oxygens (including phenoxy) is 1. The lowest BCUT2D eigenvalue weighted by atomic mass is 10.2. The summed E-state index contributed by atoms with van der Waals surface area (Å²) in [6.07, 6.45) is 3.50. The molecule has 22 heavy (non-hydrogen) atoms. The zero-order valence-electron chi connectivity index (χ0n) is 12.7. The normalized spacial score (nSPS) is 12.7. The van der Waals surface area contributed by atoms with Gasteiger partial charge in [0.1, 0.15) is 6.61 Å². The van der Waals surface area contributed by atoms with Gasteiger partial charge in [0.2, 0.25) is 0 Å². The first-order chi connectivity index (χ1) is 10.9. The summed E-state index contributed by atoms with van der Waals surface area (Å²) in [6.45, 7) is 5.37. The number of hydrogen-bond donors (Lipinski definition) is 2. The number of aromatic nitrogens is 1. The highest BCUT2D eigenvalue weighted by Gasteiger charge is 1.91. The van der Waals surface area contributed by atoms with Gasteiger partial charge in [0, 0.05) is 38.6 Å². The van der Waals surface area contributed by atoms with Crippen LogP contribution in [0.1, 0.15) is 5.56 Å². The molecule has 1 fully saturated rings. The summed E-state index contributed by atoms with van der Waals surface area (Å²) in [4.78, 5) is 13.5. The van der Waals surface area contributed by atoms with Crippen molar-refractivity contribution in [3.8, 4) is 0 Å². The zero-order valence-corrected chi connectivity index (χ0v) is 12.7. The van der Waals surface area contributed by atoms with Crippen LogP contribution in [-0.4, -0.2) is 37.6 Å². The van der Waals surface area contributed by atoms with Crippen LogP contribution >= 0.6 is 0 Å². The molecule has 118 valence electrons. The molecule has 1 saturated heterocycles. The molecule has 0 aliphatic carbocycles. The van der Waals surface area contributed by atoms with E-state index in [1.54, 1.807) is 12.4 Å². The van der Waals surface area contributed by atoms with Gasteiger partial charge in [-0.25, -0.2) is 0 Å². The SMILES string of the molecule is C1CNCCN1.O=COCc1ccccc1.c1ccncc1. The average Bonchev–Trinajstić information content (AvgIpc) is 2.65. The van der Waals surface area contributed by atoms with E-state index in [9.17, 15) is 4.79 Å². The van der Waals surface area contributed by atoms with Crippen molar-refractivity contribution in [2.45, 2.75) is 6.61 Å². The fourth-order valence-electron chi connectivity index (χ4n) is 1.62. The molecular formula is C17H23N3O2. The third-order valence-electron chi connectivity index (χ3n) is 2.68. The second-order valence-corrected chi connectivity index (χ2v) is 4.42. The summed E-state index contributed by atoms with van der Waals surface area (Å²) in [5, 5.41) is 6.44. The second kappa shape index (κ2) is 13.7. The van der Waals surface area contributed by atoms with E-state index in [1.807, 2.05) is 48.5 Å². The van der Waals surface area contributed by atoms with Crippen molar-refractivity contribution in [3.05, 3.63) is 66.5 Å². The van der Waals surface area contributed by atoms with Gasteiger partial charge in [-0.2, -0.15) is 0 Å². The Kier molecular flexibility index (Phi) is 11.1. The van der Waals surface area contributed by atoms with Crippen molar-refractivity contribution in [1.82, 2.24) is 15.6 Å². The van der Waals surface area contributed by atoms with Gasteiger partial charge >= 0.3 is 0 Å². The van der Waals surface area contributed by atoms with Gasteiger partial charge in [0.25, 0.3) is 6.47 Å². The van der Waals surface area contributed by atoms with Crippen LogP contribution in [0.4, 0.5) is 0 Å². The first-order valence-electron chi connectivity index (χ1n) is 7.29. The minimum Gasteiger partial charge on any atom is -0.463 e. The van der Waals surface area contributed by atoms with Crippen molar-refractivity contribution < 1.29 is 9.53 Å². The molecule has 0 bridgehead atoms. The van der Waals surface area contributed by atoms with E-state index in [-0.39, 0.29) is 0 Å². The minimum atomic E-state index is 0.365. The topological polar surface area (TPSA) is 63.2 Å². The van der Waals surface area contributed by atoms with Gasteiger partial charge in [0.15, 0.2) is 0 Å². The van der Waals surface area contributed by atoms with Gasteiger partial charge in [0.05, 0.1) is 0 Å². The highest BCUT2D eigenvalue weighted by atomic mass is 16.5. The molecule has 0 atom stereocenters. The molecule has 1 aliphatic heterocycles. The average molecular weight is 301 g/mol. The Bertz CT molecular complexity index is 424. The van der Waals surface area contributed by atoms with Crippen LogP contribution in [0.3, 0.4) is 0 Å². The summed E-state index contributed by atoms with van der Waals surface area (Å²) < 4.78 is 4.54. The molecule has 0 unspecified atom stereocenters. The lowest BCUT2D eigenvalue weighted by Gasteiger charge is -2.11. The van der Waals surface area contributed by atoms with Gasteiger partial charge in [-0.05, 0) is 17.7 Å². The van der Waals surface area contributed by atoms with Crippen LogP contribution < -0.4 is 10.6 Å². The Morgan fingerprint density at radius 1 is 0.909 bits per heavy atom. The summed E-state index contributed by atoms with van der Waals surface area (Å²) in [5.41, 5.74) is 1.01. The predicted molar refractivity (Wildman–Crippen MR) is 87.3 cm³/mol. The molecule has 5 heteroatoms. The van der Waals surface area contributed by atoms with Crippen LogP contribution in [0.25, 0.3) is 0 Å². The molecule has 2 N–H and O–H groups in total. The number of rotatable bonds is 3. The highest BCUT2D eigenvalue weighted by Crippen LogP contribution is 1.98. The molecule has 1 aromatic heterocycles. The van der Waals surface area contributed by atoms with Gasteiger partial charge in [-0.1, -0.05) is 36.4 Å². The fraction of sp³-hybridized carbons (Fsp3) is 0.294. The number of nitrogens with zero attached hydrogens (tertiary/aromatic N) is 1. The third-order valence-corrected chi connectivity index (χ3v) is 2.68. The van der Waals surface area contributed by atoms with Crippen molar-refractivity contribution in [2.75, 3.05) is 26.2 Å². The molecule has 0 saturated carbocycles. The number of nitrogens with one attached hydrogen (secondary N) is 2. The Morgan fingerprint density at radius 2 is 1.45 bits per heavy atom. The van der Waals surface area contributed by atoms with Crippen LogP contribution in [0, 0.1) is 0 Å². The molecule has 3 rings (SSSR count). The highest BCUT2D eigenvalue weighted by molar-refractivity contribution is 5.37.